The average molecular weight is 262 g/mol. The van der Waals surface area contributed by atoms with E-state index in [0.29, 0.717) is 0 Å². The van der Waals surface area contributed by atoms with Crippen molar-refractivity contribution in [2.45, 2.75) is 0 Å². The van der Waals surface area contributed by atoms with Crippen molar-refractivity contribution in [3.63, 3.8) is 0 Å². The van der Waals surface area contributed by atoms with E-state index < -0.39 is 17.4 Å². The van der Waals surface area contributed by atoms with Crippen molar-refractivity contribution in [2.24, 2.45) is 5.73 Å². The Bertz CT molecular complexity index is 392. The lowest BCUT2D eigenvalue weighted by atomic mass is 10.2. The zero-order valence-corrected chi connectivity index (χ0v) is 9.94. The molecule has 0 amide bonds. The summed E-state index contributed by atoms with van der Waals surface area (Å²) < 4.78 is 36.5. The number of ether oxygens (including phenoxy) is 2. The Balaban J connectivity index is 2.82. The largest absolute Gasteiger partial charge is 0.485 e. The van der Waals surface area contributed by atoms with E-state index in [4.69, 9.17) is 15.2 Å². The zero-order chi connectivity index (χ0) is 12.8. The average Bonchev–Trinajstić information content (AvgIpc) is 2.21. The fourth-order valence-electron chi connectivity index (χ4n) is 1.14. The lowest BCUT2D eigenvalue weighted by molar-refractivity contribution is 0.141. The first kappa shape index (κ1) is 13.6. The van der Waals surface area contributed by atoms with E-state index in [1.807, 2.05) is 0 Å². The number of hydrogen-bond acceptors (Lipinski definition) is 3. The molecule has 1 aromatic rings. The van der Waals surface area contributed by atoms with Crippen molar-refractivity contribution >= 4 is 23.0 Å². The Morgan fingerprint density at radius 1 is 1.35 bits per heavy atom. The first-order valence-electron chi connectivity index (χ1n) is 4.72. The Morgan fingerprint density at radius 2 is 1.94 bits per heavy atom. The molecule has 0 saturated heterocycles. The molecule has 94 valence electrons. The molecule has 1 rings (SSSR count). The molecule has 0 spiro atoms. The van der Waals surface area contributed by atoms with E-state index in [2.05, 4.69) is 17.5 Å². The van der Waals surface area contributed by atoms with Gasteiger partial charge in [0, 0.05) is 24.9 Å². The number of rotatable bonds is 5. The quantitative estimate of drug-likeness (QED) is 0.624. The smallest absolute Gasteiger partial charge is 0.190 e. The van der Waals surface area contributed by atoms with Crippen molar-refractivity contribution < 1.29 is 18.3 Å². The summed E-state index contributed by atoms with van der Waals surface area (Å²) in [5.41, 5.74) is 5.32. The molecule has 0 aliphatic carbocycles. The summed E-state index contributed by atoms with van der Waals surface area (Å²) in [6, 6.07) is 2.09. The van der Waals surface area contributed by atoms with Crippen molar-refractivity contribution in [1.82, 2.24) is 0 Å². The van der Waals surface area contributed by atoms with E-state index in [1.54, 1.807) is 0 Å². The first-order valence-corrected chi connectivity index (χ1v) is 5.12. The predicted molar refractivity (Wildman–Crippen MR) is 64.1 cm³/mol. The second-order valence-corrected chi connectivity index (χ2v) is 3.54. The molecule has 3 N–H and O–H groups in total. The van der Waals surface area contributed by atoms with Crippen LogP contribution in [0.25, 0.3) is 0 Å². The van der Waals surface area contributed by atoms with Crippen LogP contribution in [0.5, 0.6) is 5.75 Å². The molecule has 0 unspecified atom stereocenters. The Morgan fingerprint density at radius 3 is 2.41 bits per heavy atom. The maximum absolute atomic E-state index is 13.5. The third-order valence-electron chi connectivity index (χ3n) is 1.80. The van der Waals surface area contributed by atoms with Gasteiger partial charge in [-0.05, 0) is 12.2 Å². The van der Waals surface area contributed by atoms with E-state index in [-0.39, 0.29) is 24.0 Å². The SMILES string of the molecule is COCCOc1c(F)cc(NC(N)=S)cc1F. The van der Waals surface area contributed by atoms with Gasteiger partial charge in [-0.3, -0.25) is 0 Å². The highest BCUT2D eigenvalue weighted by Gasteiger charge is 2.12. The molecule has 0 aliphatic rings. The molecule has 0 aromatic heterocycles. The van der Waals surface area contributed by atoms with Gasteiger partial charge in [0.25, 0.3) is 0 Å². The maximum atomic E-state index is 13.5. The van der Waals surface area contributed by atoms with Gasteiger partial charge < -0.3 is 20.5 Å². The van der Waals surface area contributed by atoms with Crippen LogP contribution in [-0.4, -0.2) is 25.4 Å². The van der Waals surface area contributed by atoms with Crippen molar-refractivity contribution in [2.75, 3.05) is 25.6 Å². The standard InChI is InChI=1S/C10H12F2N2O2S/c1-15-2-3-16-9-7(11)4-6(5-8(9)12)14-10(13)17/h4-5H,2-3H2,1H3,(H3,13,14,17). The van der Waals surface area contributed by atoms with Crippen molar-refractivity contribution in [1.29, 1.82) is 0 Å². The topological polar surface area (TPSA) is 56.5 Å². The molecule has 0 bridgehead atoms. The number of nitrogens with one attached hydrogen (secondary N) is 1. The number of anilines is 1. The van der Waals surface area contributed by atoms with E-state index in [9.17, 15) is 8.78 Å². The van der Waals surface area contributed by atoms with Crippen LogP contribution in [0.1, 0.15) is 0 Å². The predicted octanol–water partition coefficient (Wildman–Crippen LogP) is 1.65. The Hall–Kier alpha value is -1.47. The fraction of sp³-hybridized carbons (Fsp3) is 0.300. The van der Waals surface area contributed by atoms with Crippen LogP contribution >= 0.6 is 12.2 Å². The van der Waals surface area contributed by atoms with Gasteiger partial charge in [0.2, 0.25) is 0 Å². The Labute approximate surface area is 103 Å². The summed E-state index contributed by atoms with van der Waals surface area (Å²) in [5, 5.41) is 2.36. The first-order chi connectivity index (χ1) is 8.04. The number of halogens is 2. The normalized spacial score (nSPS) is 10.1. The molecule has 17 heavy (non-hydrogen) atoms. The number of methoxy groups -OCH3 is 1. The summed E-state index contributed by atoms with van der Waals surface area (Å²) >= 11 is 4.56. The summed E-state index contributed by atoms with van der Waals surface area (Å²) in [7, 11) is 1.46. The molecule has 7 heteroatoms. The van der Waals surface area contributed by atoms with Crippen LogP contribution < -0.4 is 15.8 Å². The van der Waals surface area contributed by atoms with Gasteiger partial charge in [-0.2, -0.15) is 0 Å². The highest BCUT2D eigenvalue weighted by Crippen LogP contribution is 2.25. The molecule has 0 atom stereocenters. The van der Waals surface area contributed by atoms with Gasteiger partial charge in [-0.25, -0.2) is 8.78 Å². The highest BCUT2D eigenvalue weighted by atomic mass is 32.1. The molecule has 0 saturated carbocycles. The lowest BCUT2D eigenvalue weighted by Crippen LogP contribution is -2.19. The number of hydrogen-bond donors (Lipinski definition) is 2. The third kappa shape index (κ3) is 4.12. The monoisotopic (exact) mass is 262 g/mol. The van der Waals surface area contributed by atoms with Gasteiger partial charge in [0.05, 0.1) is 6.61 Å². The van der Waals surface area contributed by atoms with E-state index in [1.165, 1.54) is 7.11 Å². The fourth-order valence-corrected chi connectivity index (χ4v) is 1.26. The minimum atomic E-state index is -0.833. The highest BCUT2D eigenvalue weighted by molar-refractivity contribution is 7.80. The van der Waals surface area contributed by atoms with Crippen molar-refractivity contribution in [3.8, 4) is 5.75 Å². The van der Waals surface area contributed by atoms with Gasteiger partial charge in [-0.15, -0.1) is 0 Å². The number of benzene rings is 1. The van der Waals surface area contributed by atoms with Crippen LogP contribution in [-0.2, 0) is 4.74 Å². The van der Waals surface area contributed by atoms with Crippen LogP contribution in [0.2, 0.25) is 0 Å². The van der Waals surface area contributed by atoms with E-state index >= 15 is 0 Å². The van der Waals surface area contributed by atoms with Gasteiger partial charge >= 0.3 is 0 Å². The number of nitrogens with two attached hydrogens (primary N) is 1. The molecule has 4 nitrogen and oxygen atoms in total. The minimum Gasteiger partial charge on any atom is -0.485 e. The Kier molecular flexibility index (Phi) is 5.05. The van der Waals surface area contributed by atoms with Gasteiger partial charge in [0.15, 0.2) is 22.5 Å². The van der Waals surface area contributed by atoms with Crippen LogP contribution in [0, 0.1) is 11.6 Å². The third-order valence-corrected chi connectivity index (χ3v) is 1.90. The zero-order valence-electron chi connectivity index (χ0n) is 9.13. The molecule has 0 radical (unpaired) electrons. The second kappa shape index (κ2) is 6.31. The summed E-state index contributed by atoms with van der Waals surface area (Å²) in [6.45, 7) is 0.304. The summed E-state index contributed by atoms with van der Waals surface area (Å²) in [6.07, 6.45) is 0. The van der Waals surface area contributed by atoms with E-state index in [0.717, 1.165) is 12.1 Å². The van der Waals surface area contributed by atoms with Gasteiger partial charge in [-0.1, -0.05) is 0 Å². The molecule has 0 fully saturated rings. The summed E-state index contributed by atoms with van der Waals surface area (Å²) in [5.74, 6) is -2.12. The van der Waals surface area contributed by atoms with Crippen molar-refractivity contribution in [3.05, 3.63) is 23.8 Å². The second-order valence-electron chi connectivity index (χ2n) is 3.10. The molecular formula is C10H12F2N2O2S. The molecule has 0 aliphatic heterocycles. The van der Waals surface area contributed by atoms with Crippen LogP contribution in [0.3, 0.4) is 0 Å². The molecular weight excluding hydrogens is 250 g/mol. The van der Waals surface area contributed by atoms with Gasteiger partial charge in [0.1, 0.15) is 6.61 Å². The van der Waals surface area contributed by atoms with Crippen LogP contribution in [0.15, 0.2) is 12.1 Å². The lowest BCUT2D eigenvalue weighted by Gasteiger charge is -2.10. The number of thiocarbonyl (C=S) groups is 1. The summed E-state index contributed by atoms with van der Waals surface area (Å²) in [4.78, 5) is 0. The maximum Gasteiger partial charge on any atom is 0.190 e. The molecule has 0 heterocycles. The van der Waals surface area contributed by atoms with Crippen LogP contribution in [0.4, 0.5) is 14.5 Å². The molecule has 1 aromatic carbocycles. The minimum absolute atomic E-state index is 0.0619.